The van der Waals surface area contributed by atoms with E-state index in [1.165, 1.54) is 94.5 Å². The maximum Gasteiger partial charge on any atom is 0.0704 e. The number of nitrogens with zero attached hydrogens (tertiary/aromatic N) is 3. The minimum absolute atomic E-state index is 0.622. The van der Waals surface area contributed by atoms with E-state index in [1.54, 1.807) is 0 Å². The van der Waals surface area contributed by atoms with Gasteiger partial charge in [-0.3, -0.25) is 0 Å². The van der Waals surface area contributed by atoms with Crippen molar-refractivity contribution < 1.29 is 0 Å². The summed E-state index contributed by atoms with van der Waals surface area (Å²) >= 11 is 0. The van der Waals surface area contributed by atoms with Crippen LogP contribution in [0.2, 0.25) is 0 Å². The Morgan fingerprint density at radius 3 is 2.13 bits per heavy atom. The normalized spacial score (nSPS) is 27.2. The van der Waals surface area contributed by atoms with Crippen LogP contribution in [0.5, 0.6) is 0 Å². The molecule has 0 atom stereocenters. The molecule has 0 aromatic heterocycles. The van der Waals surface area contributed by atoms with Gasteiger partial charge in [0.25, 0.3) is 0 Å². The van der Waals surface area contributed by atoms with Gasteiger partial charge in [0, 0.05) is 37.6 Å². The average molecular weight is 414 g/mol. The second-order valence-corrected chi connectivity index (χ2v) is 10.9. The molecule has 0 bridgehead atoms. The number of allylic oxidation sites excluding steroid dienone is 4. The summed E-state index contributed by atoms with van der Waals surface area (Å²) in [4.78, 5) is 10.1. The Hall–Kier alpha value is -2.29. The van der Waals surface area contributed by atoms with E-state index in [2.05, 4.69) is 59.7 Å². The van der Waals surface area contributed by atoms with Crippen molar-refractivity contribution in [1.82, 2.24) is 4.90 Å². The summed E-state index contributed by atoms with van der Waals surface area (Å²) < 4.78 is 0. The number of benzene rings is 1. The molecule has 31 heavy (non-hydrogen) atoms. The molecule has 0 radical (unpaired) electrons. The summed E-state index contributed by atoms with van der Waals surface area (Å²) in [6.45, 7) is 11.4. The summed E-state index contributed by atoms with van der Waals surface area (Å²) in [6, 6.07) is 6.80. The number of hydrogen-bond acceptors (Lipinski definition) is 3. The molecule has 4 fully saturated rings. The van der Waals surface area contributed by atoms with Crippen molar-refractivity contribution in [2.75, 3.05) is 31.1 Å². The van der Waals surface area contributed by atoms with Gasteiger partial charge < -0.3 is 9.80 Å². The summed E-state index contributed by atoms with van der Waals surface area (Å²) in [5.41, 5.74) is 8.28. The molecule has 1 aromatic rings. The van der Waals surface area contributed by atoms with E-state index >= 15 is 0 Å². The quantitative estimate of drug-likeness (QED) is 0.576. The van der Waals surface area contributed by atoms with Crippen LogP contribution in [-0.2, 0) is 0 Å². The lowest BCUT2D eigenvalue weighted by molar-refractivity contribution is 0.147. The highest BCUT2D eigenvalue weighted by atomic mass is 15.2. The monoisotopic (exact) mass is 413 g/mol. The Labute approximate surface area is 187 Å². The second-order valence-electron chi connectivity index (χ2n) is 10.9. The van der Waals surface area contributed by atoms with Gasteiger partial charge in [0.1, 0.15) is 0 Å². The van der Waals surface area contributed by atoms with E-state index in [0.29, 0.717) is 10.8 Å². The molecular weight excluding hydrogens is 378 g/mol. The van der Waals surface area contributed by atoms with Crippen molar-refractivity contribution in [1.29, 1.82) is 0 Å². The lowest BCUT2D eigenvalue weighted by Crippen LogP contribution is -2.33. The molecule has 1 aromatic carbocycles. The first-order chi connectivity index (χ1) is 15.0. The minimum Gasteiger partial charge on any atom is -0.371 e. The molecule has 3 aliphatic carbocycles. The standard InChI is InChI=1S/C28H35N3/c1-21-17-23(30-15-13-27(19-30)9-3-10-27)5-7-25(21)29-26-8-6-24(18-22(26)2)31-16-14-28(20-31)11-4-12-28/h5-8,17-18H,1,3-4,9-16,19-20H2,2H3. The molecule has 0 unspecified atom stereocenters. The van der Waals surface area contributed by atoms with Crippen LogP contribution in [0.4, 0.5) is 11.4 Å². The number of aryl methyl sites for hydroxylation is 1. The van der Waals surface area contributed by atoms with Gasteiger partial charge in [-0.2, -0.15) is 0 Å². The van der Waals surface area contributed by atoms with E-state index in [9.17, 15) is 0 Å². The maximum atomic E-state index is 4.99. The maximum absolute atomic E-state index is 4.99. The fourth-order valence-corrected chi connectivity index (χ4v) is 6.45. The zero-order valence-corrected chi connectivity index (χ0v) is 19.0. The van der Waals surface area contributed by atoms with Crippen molar-refractivity contribution in [3.8, 4) is 0 Å². The number of anilines is 1. The molecular formula is C28H35N3. The Kier molecular flexibility index (Phi) is 4.45. The van der Waals surface area contributed by atoms with Crippen molar-refractivity contribution >= 4 is 17.1 Å². The molecule has 2 saturated carbocycles. The fraction of sp³-hybridized carbons (Fsp3) is 0.536. The fourth-order valence-electron chi connectivity index (χ4n) is 6.45. The van der Waals surface area contributed by atoms with Crippen molar-refractivity contribution in [3.63, 3.8) is 0 Å². The van der Waals surface area contributed by atoms with Crippen LogP contribution >= 0.6 is 0 Å². The van der Waals surface area contributed by atoms with Crippen molar-refractivity contribution in [2.24, 2.45) is 15.8 Å². The summed E-state index contributed by atoms with van der Waals surface area (Å²) in [7, 11) is 0. The zero-order chi connectivity index (χ0) is 21.1. The second kappa shape index (κ2) is 7.12. The van der Waals surface area contributed by atoms with Crippen LogP contribution in [0.3, 0.4) is 0 Å². The Balaban J connectivity index is 1.15. The van der Waals surface area contributed by atoms with E-state index < -0.39 is 0 Å². The molecule has 162 valence electrons. The lowest BCUT2D eigenvalue weighted by Gasteiger charge is -2.38. The lowest BCUT2D eigenvalue weighted by atomic mass is 9.68. The SMILES string of the molecule is C=C1C=C(N2CCC3(CCC3)C2)C=CC1=Nc1ccc(N2CCC3(CCC3)C2)cc1C. The molecule has 2 heterocycles. The molecule has 2 aliphatic heterocycles. The highest BCUT2D eigenvalue weighted by Crippen LogP contribution is 2.50. The van der Waals surface area contributed by atoms with Crippen LogP contribution in [-0.4, -0.2) is 36.8 Å². The molecule has 0 amide bonds. The van der Waals surface area contributed by atoms with Gasteiger partial charge in [0.05, 0.1) is 11.4 Å². The third-order valence-electron chi connectivity index (χ3n) is 8.92. The molecule has 6 rings (SSSR count). The van der Waals surface area contributed by atoms with Gasteiger partial charge in [-0.05, 0) is 104 Å². The highest BCUT2D eigenvalue weighted by molar-refractivity contribution is 6.12. The third kappa shape index (κ3) is 3.37. The molecule has 5 aliphatic rings. The first-order valence-corrected chi connectivity index (χ1v) is 12.3. The number of rotatable bonds is 3. The van der Waals surface area contributed by atoms with E-state index in [0.717, 1.165) is 17.0 Å². The average Bonchev–Trinajstić information content (AvgIpc) is 3.36. The Morgan fingerprint density at radius 1 is 0.871 bits per heavy atom. The molecule has 2 saturated heterocycles. The van der Waals surface area contributed by atoms with Crippen LogP contribution in [0.25, 0.3) is 0 Å². The van der Waals surface area contributed by atoms with Crippen LogP contribution in [0.15, 0.2) is 59.3 Å². The smallest absolute Gasteiger partial charge is 0.0704 e. The van der Waals surface area contributed by atoms with Crippen LogP contribution in [0, 0.1) is 17.8 Å². The number of aliphatic imine (C=N–C) groups is 1. The van der Waals surface area contributed by atoms with Gasteiger partial charge in [-0.15, -0.1) is 0 Å². The van der Waals surface area contributed by atoms with E-state index in [1.807, 2.05) is 0 Å². The van der Waals surface area contributed by atoms with Gasteiger partial charge >= 0.3 is 0 Å². The van der Waals surface area contributed by atoms with Crippen molar-refractivity contribution in [3.05, 3.63) is 59.8 Å². The van der Waals surface area contributed by atoms with Crippen molar-refractivity contribution in [2.45, 2.75) is 58.3 Å². The Bertz CT molecular complexity index is 1000. The zero-order valence-electron chi connectivity index (χ0n) is 19.0. The number of likely N-dealkylation sites (tertiary alicyclic amines) is 1. The summed E-state index contributed by atoms with van der Waals surface area (Å²) in [5.74, 6) is 0. The van der Waals surface area contributed by atoms with E-state index in [4.69, 9.17) is 4.99 Å². The van der Waals surface area contributed by atoms with Crippen LogP contribution in [0.1, 0.15) is 56.9 Å². The predicted octanol–water partition coefficient (Wildman–Crippen LogP) is 6.33. The summed E-state index contributed by atoms with van der Waals surface area (Å²) in [6.07, 6.45) is 17.9. The first-order valence-electron chi connectivity index (χ1n) is 12.3. The molecule has 0 N–H and O–H groups in total. The van der Waals surface area contributed by atoms with Gasteiger partial charge in [-0.1, -0.05) is 19.4 Å². The third-order valence-corrected chi connectivity index (χ3v) is 8.92. The van der Waals surface area contributed by atoms with Gasteiger partial charge in [0.2, 0.25) is 0 Å². The van der Waals surface area contributed by atoms with Crippen LogP contribution < -0.4 is 4.90 Å². The highest BCUT2D eigenvalue weighted by Gasteiger charge is 2.43. The molecule has 3 heteroatoms. The van der Waals surface area contributed by atoms with Gasteiger partial charge in [0.15, 0.2) is 0 Å². The first kappa shape index (κ1) is 19.4. The topological polar surface area (TPSA) is 18.8 Å². The Morgan fingerprint density at radius 2 is 1.55 bits per heavy atom. The molecule has 3 nitrogen and oxygen atoms in total. The number of hydrogen-bond donors (Lipinski definition) is 0. The predicted molar refractivity (Wildman–Crippen MR) is 130 cm³/mol. The molecule has 2 spiro atoms. The summed E-state index contributed by atoms with van der Waals surface area (Å²) in [5, 5.41) is 0. The van der Waals surface area contributed by atoms with E-state index in [-0.39, 0.29) is 0 Å². The largest absolute Gasteiger partial charge is 0.371 e. The minimum atomic E-state index is 0.622. The van der Waals surface area contributed by atoms with Gasteiger partial charge in [-0.25, -0.2) is 4.99 Å².